The lowest BCUT2D eigenvalue weighted by Gasteiger charge is -2.32. The smallest absolute Gasteiger partial charge is 0.243 e. The highest BCUT2D eigenvalue weighted by Crippen LogP contribution is 2.26. The van der Waals surface area contributed by atoms with E-state index in [-0.39, 0.29) is 16.7 Å². The van der Waals surface area contributed by atoms with Crippen molar-refractivity contribution in [1.82, 2.24) is 14.2 Å². The van der Waals surface area contributed by atoms with Gasteiger partial charge in [-0.25, -0.2) is 13.4 Å². The van der Waals surface area contributed by atoms with Gasteiger partial charge in [-0.2, -0.15) is 4.31 Å². The Labute approximate surface area is 175 Å². The summed E-state index contributed by atoms with van der Waals surface area (Å²) in [5.74, 6) is -0.111. The van der Waals surface area contributed by atoms with Crippen molar-refractivity contribution >= 4 is 38.9 Å². The molecule has 0 atom stereocenters. The number of sulfonamides is 1. The molecule has 1 saturated heterocycles. The molecule has 1 fully saturated rings. The van der Waals surface area contributed by atoms with E-state index in [4.69, 9.17) is 11.6 Å². The zero-order valence-corrected chi connectivity index (χ0v) is 18.4. The quantitative estimate of drug-likeness (QED) is 0.688. The normalized spacial score (nSPS) is 16.2. The first-order chi connectivity index (χ1) is 13.3. The van der Waals surface area contributed by atoms with Crippen LogP contribution in [-0.4, -0.2) is 48.7 Å². The number of aryl methyl sites for hydroxylation is 1. The van der Waals surface area contributed by atoms with Gasteiger partial charge < -0.3 is 4.90 Å². The van der Waals surface area contributed by atoms with Crippen LogP contribution in [0.25, 0.3) is 0 Å². The maximum atomic E-state index is 12.8. The Morgan fingerprint density at radius 1 is 1.29 bits per heavy atom. The van der Waals surface area contributed by atoms with Gasteiger partial charge >= 0.3 is 0 Å². The monoisotopic (exact) mass is 441 g/mol. The van der Waals surface area contributed by atoms with Gasteiger partial charge in [0.25, 0.3) is 0 Å². The Morgan fingerprint density at radius 3 is 2.50 bits per heavy atom. The molecule has 2 aromatic rings. The standard InChI is InChI=1S/C19H24ClN3O3S2/c1-3-18-21-16(13-27-18)12-22(2)19(24)14-8-10-23(11-9-14)28(25,26)17-6-4-15(20)5-7-17/h4-7,13-14H,3,8-12H2,1-2H3. The van der Waals surface area contributed by atoms with Gasteiger partial charge in [-0.05, 0) is 43.5 Å². The van der Waals surface area contributed by atoms with Crippen molar-refractivity contribution < 1.29 is 13.2 Å². The van der Waals surface area contributed by atoms with Crippen molar-refractivity contribution in [3.8, 4) is 0 Å². The Morgan fingerprint density at radius 2 is 1.93 bits per heavy atom. The number of piperidine rings is 1. The van der Waals surface area contributed by atoms with Crippen LogP contribution in [0.2, 0.25) is 5.02 Å². The van der Waals surface area contributed by atoms with E-state index in [2.05, 4.69) is 11.9 Å². The molecule has 1 aliphatic heterocycles. The molecule has 1 aliphatic rings. The number of carbonyl (C=O) groups is 1. The van der Waals surface area contributed by atoms with Gasteiger partial charge in [-0.3, -0.25) is 4.79 Å². The van der Waals surface area contributed by atoms with E-state index in [1.165, 1.54) is 16.4 Å². The van der Waals surface area contributed by atoms with Crippen LogP contribution in [-0.2, 0) is 27.8 Å². The fourth-order valence-electron chi connectivity index (χ4n) is 3.32. The molecule has 2 heterocycles. The highest BCUT2D eigenvalue weighted by atomic mass is 35.5. The molecule has 1 amide bonds. The predicted molar refractivity (Wildman–Crippen MR) is 111 cm³/mol. The number of nitrogens with zero attached hydrogens (tertiary/aromatic N) is 3. The molecule has 28 heavy (non-hydrogen) atoms. The minimum Gasteiger partial charge on any atom is -0.340 e. The van der Waals surface area contributed by atoms with Crippen LogP contribution >= 0.6 is 22.9 Å². The molecule has 1 aromatic carbocycles. The number of hydrogen-bond donors (Lipinski definition) is 0. The summed E-state index contributed by atoms with van der Waals surface area (Å²) in [5, 5.41) is 3.55. The van der Waals surface area contributed by atoms with E-state index in [1.54, 1.807) is 35.4 Å². The number of amides is 1. The van der Waals surface area contributed by atoms with Crippen LogP contribution in [0.4, 0.5) is 0 Å². The number of aromatic nitrogens is 1. The number of halogens is 1. The molecular formula is C19H24ClN3O3S2. The summed E-state index contributed by atoms with van der Waals surface area (Å²) in [4.78, 5) is 19.2. The number of rotatable bonds is 6. The molecule has 152 valence electrons. The van der Waals surface area contributed by atoms with Gasteiger partial charge in [0, 0.05) is 36.5 Å². The summed E-state index contributed by atoms with van der Waals surface area (Å²) in [6, 6.07) is 6.17. The molecule has 1 aromatic heterocycles. The Hall–Kier alpha value is -1.48. The molecule has 6 nitrogen and oxygen atoms in total. The third-order valence-electron chi connectivity index (χ3n) is 4.93. The van der Waals surface area contributed by atoms with Gasteiger partial charge in [0.2, 0.25) is 15.9 Å². The third kappa shape index (κ3) is 4.74. The second kappa shape index (κ2) is 8.90. The molecule has 0 spiro atoms. The topological polar surface area (TPSA) is 70.6 Å². The Balaban J connectivity index is 1.58. The van der Waals surface area contributed by atoms with Crippen molar-refractivity contribution in [2.75, 3.05) is 20.1 Å². The molecule has 0 unspecified atom stereocenters. The zero-order valence-electron chi connectivity index (χ0n) is 16.0. The minimum atomic E-state index is -3.56. The largest absolute Gasteiger partial charge is 0.340 e. The van der Waals surface area contributed by atoms with Crippen LogP contribution < -0.4 is 0 Å². The van der Waals surface area contributed by atoms with E-state index in [1.807, 2.05) is 5.38 Å². The van der Waals surface area contributed by atoms with Crippen LogP contribution in [0, 0.1) is 5.92 Å². The summed E-state index contributed by atoms with van der Waals surface area (Å²) in [7, 11) is -1.77. The number of hydrogen-bond acceptors (Lipinski definition) is 5. The third-order valence-corrected chi connectivity index (χ3v) is 8.14. The summed E-state index contributed by atoms with van der Waals surface area (Å²) >= 11 is 7.45. The fourth-order valence-corrected chi connectivity index (χ4v) is 5.65. The molecule has 0 radical (unpaired) electrons. The second-order valence-electron chi connectivity index (χ2n) is 6.91. The molecule has 0 bridgehead atoms. The first-order valence-corrected chi connectivity index (χ1v) is 11.9. The van der Waals surface area contributed by atoms with E-state index >= 15 is 0 Å². The van der Waals surface area contributed by atoms with Gasteiger partial charge in [0.1, 0.15) is 0 Å². The Bertz CT molecular complexity index is 920. The van der Waals surface area contributed by atoms with Crippen LogP contribution in [0.1, 0.15) is 30.5 Å². The lowest BCUT2D eigenvalue weighted by atomic mass is 9.96. The van der Waals surface area contributed by atoms with Gasteiger partial charge in [0.15, 0.2) is 0 Å². The zero-order chi connectivity index (χ0) is 20.3. The predicted octanol–water partition coefficient (Wildman–Crippen LogP) is 3.42. The van der Waals surface area contributed by atoms with Gasteiger partial charge in [-0.1, -0.05) is 18.5 Å². The highest BCUT2D eigenvalue weighted by molar-refractivity contribution is 7.89. The average Bonchev–Trinajstić information content (AvgIpc) is 3.15. The molecular weight excluding hydrogens is 418 g/mol. The average molecular weight is 442 g/mol. The summed E-state index contributed by atoms with van der Waals surface area (Å²) in [5.41, 5.74) is 0.903. The SMILES string of the molecule is CCc1nc(CN(C)C(=O)C2CCN(S(=O)(=O)c3ccc(Cl)cc3)CC2)cs1. The molecule has 3 rings (SSSR count). The molecule has 0 aliphatic carbocycles. The number of carbonyl (C=O) groups excluding carboxylic acids is 1. The second-order valence-corrected chi connectivity index (χ2v) is 10.2. The van der Waals surface area contributed by atoms with Crippen molar-refractivity contribution in [1.29, 1.82) is 0 Å². The van der Waals surface area contributed by atoms with Gasteiger partial charge in [0.05, 0.1) is 22.1 Å². The molecule has 9 heteroatoms. The van der Waals surface area contributed by atoms with E-state index < -0.39 is 10.0 Å². The lowest BCUT2D eigenvalue weighted by molar-refractivity contribution is -0.136. The van der Waals surface area contributed by atoms with Crippen LogP contribution in [0.5, 0.6) is 0 Å². The molecule has 0 N–H and O–H groups in total. The first kappa shape index (κ1) is 21.2. The molecule has 0 saturated carbocycles. The van der Waals surface area contributed by atoms with E-state index in [0.29, 0.717) is 37.5 Å². The van der Waals surface area contributed by atoms with Gasteiger partial charge in [-0.15, -0.1) is 11.3 Å². The van der Waals surface area contributed by atoms with E-state index in [9.17, 15) is 13.2 Å². The minimum absolute atomic E-state index is 0.0505. The van der Waals surface area contributed by atoms with Crippen molar-refractivity contribution in [3.63, 3.8) is 0 Å². The maximum Gasteiger partial charge on any atom is 0.243 e. The number of benzene rings is 1. The van der Waals surface area contributed by atoms with Crippen LogP contribution in [0.3, 0.4) is 0 Å². The number of thiazole rings is 1. The lowest BCUT2D eigenvalue weighted by Crippen LogP contribution is -2.43. The highest BCUT2D eigenvalue weighted by Gasteiger charge is 2.33. The summed E-state index contributed by atoms with van der Waals surface area (Å²) in [6.45, 7) is 3.22. The van der Waals surface area contributed by atoms with Crippen molar-refractivity contribution in [2.45, 2.75) is 37.6 Å². The van der Waals surface area contributed by atoms with E-state index in [0.717, 1.165) is 17.1 Å². The summed E-state index contributed by atoms with van der Waals surface area (Å²) in [6.07, 6.45) is 1.93. The first-order valence-electron chi connectivity index (χ1n) is 9.25. The van der Waals surface area contributed by atoms with Crippen molar-refractivity contribution in [3.05, 3.63) is 45.4 Å². The van der Waals surface area contributed by atoms with Crippen molar-refractivity contribution in [2.24, 2.45) is 5.92 Å². The fraction of sp³-hybridized carbons (Fsp3) is 0.474. The Kier molecular flexibility index (Phi) is 6.75. The maximum absolute atomic E-state index is 12.8. The summed E-state index contributed by atoms with van der Waals surface area (Å²) < 4.78 is 27.0. The van der Waals surface area contributed by atoms with Crippen LogP contribution in [0.15, 0.2) is 34.5 Å².